The third-order valence-corrected chi connectivity index (χ3v) is 5.27. The van der Waals surface area contributed by atoms with Crippen molar-refractivity contribution in [1.82, 2.24) is 0 Å². The van der Waals surface area contributed by atoms with Gasteiger partial charge in [0.25, 0.3) is 0 Å². The van der Waals surface area contributed by atoms with E-state index in [4.69, 9.17) is 11.2 Å². The summed E-state index contributed by atoms with van der Waals surface area (Å²) in [6.45, 7) is -2.93. The Bertz CT molecular complexity index is 443. The normalized spacial score (nSPS) is 10.6. The fourth-order valence-electron chi connectivity index (χ4n) is 1.39. The Morgan fingerprint density at radius 3 is 1.38 bits per heavy atom. The van der Waals surface area contributed by atoms with E-state index in [1.54, 1.807) is 24.3 Å². The summed E-state index contributed by atoms with van der Waals surface area (Å²) in [7, 11) is 0. The first-order valence-corrected chi connectivity index (χ1v) is 7.23. The molecule has 0 fully saturated rings. The van der Waals surface area contributed by atoms with Crippen LogP contribution in [0.5, 0.6) is 0 Å². The van der Waals surface area contributed by atoms with Crippen molar-refractivity contribution in [1.29, 1.82) is 0 Å². The largest absolute Gasteiger partial charge is 0.296 e. The van der Waals surface area contributed by atoms with Crippen LogP contribution < -0.4 is 10.6 Å². The first kappa shape index (κ1) is 13.7. The molecule has 0 unspecified atom stereocenters. The van der Waals surface area contributed by atoms with Crippen LogP contribution in [0, 0.1) is 0 Å². The second-order valence-electron chi connectivity index (χ2n) is 3.20. The summed E-state index contributed by atoms with van der Waals surface area (Å²) in [5.41, 5.74) is 0. The van der Waals surface area contributed by atoms with Crippen molar-refractivity contribution >= 4 is 28.3 Å². The van der Waals surface area contributed by atoms with Gasteiger partial charge in [-0.3, -0.25) is 4.57 Å². The van der Waals surface area contributed by atoms with Crippen LogP contribution >= 0.6 is 17.7 Å². The standard InChI is InChI=1S/C12H10ClOP.Pd/c13-15(14,11-7-3-1-4-8-11)12-9-5-2-6-10-12;/h1-10H;. The van der Waals surface area contributed by atoms with Crippen molar-refractivity contribution in [2.75, 3.05) is 0 Å². The minimum absolute atomic E-state index is 0. The molecule has 2 aromatic rings. The predicted octanol–water partition coefficient (Wildman–Crippen LogP) is 3.15. The molecule has 4 heteroatoms. The molecule has 86 valence electrons. The molecule has 0 aliphatic carbocycles. The fourth-order valence-corrected chi connectivity index (χ4v) is 3.47. The Morgan fingerprint density at radius 1 is 0.750 bits per heavy atom. The quantitative estimate of drug-likeness (QED) is 0.605. The second kappa shape index (κ2) is 5.80. The molecule has 0 bridgehead atoms. The molecular weight excluding hydrogens is 333 g/mol. The van der Waals surface area contributed by atoms with Gasteiger partial charge < -0.3 is 0 Å². The summed E-state index contributed by atoms with van der Waals surface area (Å²) < 4.78 is 12.4. The number of hydrogen-bond donors (Lipinski definition) is 0. The zero-order valence-electron chi connectivity index (χ0n) is 8.32. The third kappa shape index (κ3) is 2.84. The predicted molar refractivity (Wildman–Crippen MR) is 65.6 cm³/mol. The molecule has 1 nitrogen and oxygen atoms in total. The summed E-state index contributed by atoms with van der Waals surface area (Å²) in [6.07, 6.45) is 0. The zero-order valence-corrected chi connectivity index (χ0v) is 11.5. The molecule has 0 aliphatic rings. The average Bonchev–Trinajstić information content (AvgIpc) is 2.31. The maximum Gasteiger partial charge on any atom is 0.225 e. The van der Waals surface area contributed by atoms with Crippen LogP contribution in [0.15, 0.2) is 60.7 Å². The van der Waals surface area contributed by atoms with Crippen LogP contribution in [-0.4, -0.2) is 0 Å². The summed E-state index contributed by atoms with van der Waals surface area (Å²) >= 11 is 6.14. The third-order valence-electron chi connectivity index (χ3n) is 2.18. The fraction of sp³-hybridized carbons (Fsp3) is 0. The van der Waals surface area contributed by atoms with E-state index in [0.717, 1.165) is 0 Å². The minimum atomic E-state index is -2.93. The van der Waals surface area contributed by atoms with Crippen molar-refractivity contribution in [3.8, 4) is 0 Å². The summed E-state index contributed by atoms with van der Waals surface area (Å²) in [4.78, 5) is 0. The first-order valence-electron chi connectivity index (χ1n) is 4.62. The number of rotatable bonds is 2. The van der Waals surface area contributed by atoms with Crippen LogP contribution in [0.1, 0.15) is 0 Å². The van der Waals surface area contributed by atoms with Gasteiger partial charge >= 0.3 is 0 Å². The van der Waals surface area contributed by atoms with E-state index < -0.39 is 6.49 Å². The van der Waals surface area contributed by atoms with Gasteiger partial charge in [0.2, 0.25) is 6.49 Å². The molecule has 0 saturated heterocycles. The van der Waals surface area contributed by atoms with Crippen LogP contribution in [0.4, 0.5) is 0 Å². The van der Waals surface area contributed by atoms with Gasteiger partial charge in [0, 0.05) is 31.0 Å². The molecule has 2 rings (SSSR count). The minimum Gasteiger partial charge on any atom is -0.296 e. The van der Waals surface area contributed by atoms with Crippen molar-refractivity contribution in [2.24, 2.45) is 0 Å². The van der Waals surface area contributed by atoms with Crippen molar-refractivity contribution in [3.63, 3.8) is 0 Å². The van der Waals surface area contributed by atoms with Gasteiger partial charge in [0.15, 0.2) is 0 Å². The van der Waals surface area contributed by atoms with E-state index in [2.05, 4.69) is 0 Å². The number of benzene rings is 2. The van der Waals surface area contributed by atoms with E-state index in [9.17, 15) is 4.57 Å². The first-order chi connectivity index (χ1) is 7.21. The molecule has 0 spiro atoms. The zero-order chi connectivity index (χ0) is 10.7. The molecule has 0 heterocycles. The molecule has 0 atom stereocenters. The van der Waals surface area contributed by atoms with Crippen LogP contribution in [0.2, 0.25) is 0 Å². The maximum absolute atomic E-state index is 12.4. The van der Waals surface area contributed by atoms with Gasteiger partial charge in [0.05, 0.1) is 0 Å². The maximum atomic E-state index is 12.4. The number of halogens is 1. The average molecular weight is 343 g/mol. The molecule has 0 amide bonds. The molecule has 16 heavy (non-hydrogen) atoms. The molecule has 0 aromatic heterocycles. The van der Waals surface area contributed by atoms with Crippen LogP contribution in [-0.2, 0) is 25.0 Å². The summed E-state index contributed by atoms with van der Waals surface area (Å²) in [6, 6.07) is 18.3. The summed E-state index contributed by atoms with van der Waals surface area (Å²) in [5, 5.41) is 1.36. The Hall–Kier alpha value is -0.378. The Kier molecular flexibility index (Phi) is 4.96. The van der Waals surface area contributed by atoms with Crippen LogP contribution in [0.25, 0.3) is 0 Å². The second-order valence-corrected chi connectivity index (χ2v) is 6.73. The van der Waals surface area contributed by atoms with E-state index in [0.29, 0.717) is 10.6 Å². The van der Waals surface area contributed by atoms with Crippen LogP contribution in [0.3, 0.4) is 0 Å². The van der Waals surface area contributed by atoms with Gasteiger partial charge in [-0.1, -0.05) is 60.7 Å². The molecule has 2 aromatic carbocycles. The monoisotopic (exact) mass is 342 g/mol. The Labute approximate surface area is 114 Å². The van der Waals surface area contributed by atoms with Gasteiger partial charge in [-0.05, 0) is 11.2 Å². The van der Waals surface area contributed by atoms with E-state index in [-0.39, 0.29) is 20.4 Å². The topological polar surface area (TPSA) is 17.1 Å². The van der Waals surface area contributed by atoms with Crippen molar-refractivity contribution in [2.45, 2.75) is 0 Å². The SMILES string of the molecule is O=P(Cl)(c1ccccc1)c1ccccc1.[Pd]. The van der Waals surface area contributed by atoms with Crippen molar-refractivity contribution < 1.29 is 25.0 Å². The van der Waals surface area contributed by atoms with Gasteiger partial charge in [-0.2, -0.15) is 0 Å². The van der Waals surface area contributed by atoms with Gasteiger partial charge in [0.1, 0.15) is 0 Å². The smallest absolute Gasteiger partial charge is 0.225 e. The Balaban J connectivity index is 0.00000128. The molecular formula is C12H10ClOPPd. The molecule has 0 saturated carbocycles. The van der Waals surface area contributed by atoms with E-state index >= 15 is 0 Å². The van der Waals surface area contributed by atoms with Gasteiger partial charge in [-0.25, -0.2) is 0 Å². The molecule has 0 aliphatic heterocycles. The van der Waals surface area contributed by atoms with Crippen molar-refractivity contribution in [3.05, 3.63) is 60.7 Å². The number of hydrogen-bond acceptors (Lipinski definition) is 1. The molecule has 0 N–H and O–H groups in total. The Morgan fingerprint density at radius 2 is 1.06 bits per heavy atom. The summed E-state index contributed by atoms with van der Waals surface area (Å²) in [5.74, 6) is 0. The van der Waals surface area contributed by atoms with Gasteiger partial charge in [-0.15, -0.1) is 0 Å². The van der Waals surface area contributed by atoms with E-state index in [1.807, 2.05) is 36.4 Å². The van der Waals surface area contributed by atoms with E-state index in [1.165, 1.54) is 0 Å². The molecule has 0 radical (unpaired) electrons.